The van der Waals surface area contributed by atoms with E-state index in [9.17, 15) is 28.1 Å². The van der Waals surface area contributed by atoms with E-state index >= 15 is 0 Å². The molecule has 1 aliphatic heterocycles. The second kappa shape index (κ2) is 12.5. The molecule has 0 aliphatic carbocycles. The molecule has 210 valence electrons. The van der Waals surface area contributed by atoms with Crippen molar-refractivity contribution in [2.24, 2.45) is 5.10 Å². The zero-order valence-corrected chi connectivity index (χ0v) is 21.6. The van der Waals surface area contributed by atoms with Crippen molar-refractivity contribution in [1.82, 2.24) is 4.90 Å². The molecule has 0 saturated carbocycles. The molecule has 3 aromatic carbocycles. The first kappa shape index (κ1) is 28.4. The summed E-state index contributed by atoms with van der Waals surface area (Å²) in [5.41, 5.74) is 2.40. The smallest absolute Gasteiger partial charge is 0.416 e. The normalized spacial score (nSPS) is 13.8. The number of anilines is 1. The van der Waals surface area contributed by atoms with Gasteiger partial charge in [0.15, 0.2) is 11.5 Å². The van der Waals surface area contributed by atoms with Gasteiger partial charge in [-0.25, -0.2) is 0 Å². The van der Waals surface area contributed by atoms with Gasteiger partial charge in [0.1, 0.15) is 12.3 Å². The number of hydrogen-bond acceptors (Lipinski definition) is 7. The number of nitro benzene ring substituents is 1. The highest BCUT2D eigenvalue weighted by molar-refractivity contribution is 5.94. The van der Waals surface area contributed by atoms with Gasteiger partial charge in [-0.2, -0.15) is 18.3 Å². The molecule has 1 fully saturated rings. The Balaban J connectivity index is 1.38. The number of ether oxygens (including phenoxy) is 2. The minimum Gasteiger partial charge on any atom is -0.493 e. The van der Waals surface area contributed by atoms with Gasteiger partial charge in [-0.05, 0) is 72.9 Å². The van der Waals surface area contributed by atoms with Crippen LogP contribution in [0.5, 0.6) is 11.5 Å². The second-order valence-electron chi connectivity index (χ2n) is 9.11. The van der Waals surface area contributed by atoms with Gasteiger partial charge in [-0.1, -0.05) is 12.1 Å². The van der Waals surface area contributed by atoms with Crippen molar-refractivity contribution in [3.05, 3.63) is 93.0 Å². The van der Waals surface area contributed by atoms with Crippen LogP contribution in [-0.4, -0.2) is 42.1 Å². The first-order valence-corrected chi connectivity index (χ1v) is 12.5. The zero-order valence-electron chi connectivity index (χ0n) is 21.6. The molecule has 1 N–H and O–H groups in total. The van der Waals surface area contributed by atoms with Gasteiger partial charge in [-0.3, -0.25) is 20.3 Å². The first-order valence-electron chi connectivity index (χ1n) is 12.5. The van der Waals surface area contributed by atoms with Crippen molar-refractivity contribution in [2.75, 3.05) is 25.6 Å². The Morgan fingerprint density at radius 1 is 1.05 bits per heavy atom. The first-order chi connectivity index (χ1) is 19.2. The van der Waals surface area contributed by atoms with Crippen LogP contribution in [0.15, 0.2) is 65.8 Å². The predicted octanol–water partition coefficient (Wildman–Crippen LogP) is 6.27. The average molecular weight is 557 g/mol. The lowest BCUT2D eigenvalue weighted by Crippen LogP contribution is -2.35. The molecule has 1 amide bonds. The number of nitrogens with zero attached hydrogens (tertiary/aromatic N) is 3. The Hall–Kier alpha value is -4.61. The van der Waals surface area contributed by atoms with E-state index < -0.39 is 22.4 Å². The number of nitro groups is 1. The summed E-state index contributed by atoms with van der Waals surface area (Å²) in [4.78, 5) is 24.8. The molecule has 1 saturated heterocycles. The van der Waals surface area contributed by atoms with E-state index in [1.54, 1.807) is 30.3 Å². The molecule has 40 heavy (non-hydrogen) atoms. The summed E-state index contributed by atoms with van der Waals surface area (Å²) in [5.74, 6) is 0.898. The number of methoxy groups -OCH3 is 1. The zero-order chi connectivity index (χ0) is 28.7. The maximum atomic E-state index is 12.9. The fourth-order valence-electron chi connectivity index (χ4n) is 4.20. The molecule has 0 unspecified atom stereocenters. The lowest BCUT2D eigenvalue weighted by atomic mass is 10.1. The van der Waals surface area contributed by atoms with Crippen LogP contribution >= 0.6 is 0 Å². The summed E-state index contributed by atoms with van der Waals surface area (Å²) in [6.07, 6.45) is -0.152. The van der Waals surface area contributed by atoms with E-state index in [-0.39, 0.29) is 18.2 Å². The topological polar surface area (TPSA) is 106 Å². The van der Waals surface area contributed by atoms with Gasteiger partial charge < -0.3 is 14.4 Å². The third kappa shape index (κ3) is 7.07. The number of likely N-dealkylation sites (tertiary alicyclic amines) is 1. The van der Waals surface area contributed by atoms with Crippen LogP contribution in [0.3, 0.4) is 0 Å². The molecule has 1 heterocycles. The number of piperidine rings is 1. The number of alkyl halides is 3. The fourth-order valence-corrected chi connectivity index (χ4v) is 4.20. The molecule has 1 aliphatic rings. The predicted molar refractivity (Wildman–Crippen MR) is 143 cm³/mol. The van der Waals surface area contributed by atoms with Crippen molar-refractivity contribution in [2.45, 2.75) is 32.0 Å². The molecule has 0 atom stereocenters. The summed E-state index contributed by atoms with van der Waals surface area (Å²) in [7, 11) is 1.47. The summed E-state index contributed by atoms with van der Waals surface area (Å²) < 4.78 is 50.0. The van der Waals surface area contributed by atoms with Crippen LogP contribution in [0.25, 0.3) is 0 Å². The number of hydrogen-bond donors (Lipinski definition) is 1. The minimum absolute atomic E-state index is 0.0357. The van der Waals surface area contributed by atoms with Crippen LogP contribution in [0.2, 0.25) is 0 Å². The minimum atomic E-state index is -4.71. The van der Waals surface area contributed by atoms with Crippen LogP contribution in [0.4, 0.5) is 24.5 Å². The SMILES string of the molecule is COc1cc(/C=N/Nc2ccc(C(F)(F)F)cc2[N+](=O)[O-])ccc1OCc1ccc(C(=O)N2CCCCC2)cc1. The maximum Gasteiger partial charge on any atom is 0.416 e. The summed E-state index contributed by atoms with van der Waals surface area (Å²) >= 11 is 0. The molecular weight excluding hydrogens is 529 g/mol. The highest BCUT2D eigenvalue weighted by atomic mass is 19.4. The van der Waals surface area contributed by atoms with Crippen molar-refractivity contribution in [3.63, 3.8) is 0 Å². The monoisotopic (exact) mass is 556 g/mol. The third-order valence-electron chi connectivity index (χ3n) is 6.35. The van der Waals surface area contributed by atoms with E-state index in [1.807, 2.05) is 17.0 Å². The number of carbonyl (C=O) groups is 1. The number of carbonyl (C=O) groups excluding carboxylic acids is 1. The Labute approximate surface area is 228 Å². The molecule has 0 bridgehead atoms. The molecule has 0 spiro atoms. The fraction of sp³-hybridized carbons (Fsp3) is 0.286. The standard InChI is InChI=1S/C28H27F3N4O5/c1-39-26-15-20(17-32-33-23-11-10-22(28(29,30)31)16-24(23)35(37)38)7-12-25(26)40-18-19-5-8-21(9-6-19)27(36)34-13-3-2-4-14-34/h5-12,15-17,33H,2-4,13-14,18H2,1H3/b32-17+. The van der Waals surface area contributed by atoms with Crippen molar-refractivity contribution >= 4 is 23.5 Å². The van der Waals surface area contributed by atoms with Gasteiger partial charge >= 0.3 is 6.18 Å². The molecular formula is C28H27F3N4O5. The molecule has 9 nitrogen and oxygen atoms in total. The highest BCUT2D eigenvalue weighted by Gasteiger charge is 2.33. The molecule has 12 heteroatoms. The van der Waals surface area contributed by atoms with Crippen LogP contribution in [0, 0.1) is 10.1 Å². The average Bonchev–Trinajstić information content (AvgIpc) is 2.96. The molecule has 0 aromatic heterocycles. The number of nitrogens with one attached hydrogen (secondary N) is 1. The van der Waals surface area contributed by atoms with E-state index in [2.05, 4.69) is 10.5 Å². The van der Waals surface area contributed by atoms with Crippen LogP contribution < -0.4 is 14.9 Å². The van der Waals surface area contributed by atoms with Gasteiger partial charge in [0.2, 0.25) is 0 Å². The van der Waals surface area contributed by atoms with E-state index in [1.165, 1.54) is 13.3 Å². The quantitative estimate of drug-likeness (QED) is 0.189. The lowest BCUT2D eigenvalue weighted by molar-refractivity contribution is -0.384. The third-order valence-corrected chi connectivity index (χ3v) is 6.35. The van der Waals surface area contributed by atoms with Crippen molar-refractivity contribution in [3.8, 4) is 11.5 Å². The van der Waals surface area contributed by atoms with Gasteiger partial charge in [0.25, 0.3) is 11.6 Å². The molecule has 4 rings (SSSR count). The Morgan fingerprint density at radius 3 is 2.42 bits per heavy atom. The van der Waals surface area contributed by atoms with E-state index in [0.29, 0.717) is 28.7 Å². The Bertz CT molecular complexity index is 1390. The summed E-state index contributed by atoms with van der Waals surface area (Å²) in [6, 6.07) is 14.4. The number of benzene rings is 3. The highest BCUT2D eigenvalue weighted by Crippen LogP contribution is 2.35. The lowest BCUT2D eigenvalue weighted by Gasteiger charge is -2.26. The number of amides is 1. The van der Waals surface area contributed by atoms with Gasteiger partial charge in [0, 0.05) is 24.7 Å². The molecule has 0 radical (unpaired) electrons. The molecule has 3 aromatic rings. The number of rotatable bonds is 9. The van der Waals surface area contributed by atoms with Gasteiger partial charge in [-0.15, -0.1) is 0 Å². The van der Waals surface area contributed by atoms with Gasteiger partial charge in [0.05, 0.1) is 23.8 Å². The maximum absolute atomic E-state index is 12.9. The Kier molecular flexibility index (Phi) is 8.87. The van der Waals surface area contributed by atoms with E-state index in [0.717, 1.165) is 50.0 Å². The van der Waals surface area contributed by atoms with Crippen LogP contribution in [0.1, 0.15) is 46.3 Å². The summed E-state index contributed by atoms with van der Waals surface area (Å²) in [5, 5.41) is 15.1. The van der Waals surface area contributed by atoms with Crippen molar-refractivity contribution < 1.29 is 32.4 Å². The number of halogens is 3. The number of hydrazone groups is 1. The van der Waals surface area contributed by atoms with Crippen molar-refractivity contribution in [1.29, 1.82) is 0 Å². The van der Waals surface area contributed by atoms with E-state index in [4.69, 9.17) is 9.47 Å². The Morgan fingerprint density at radius 2 is 1.77 bits per heavy atom. The largest absolute Gasteiger partial charge is 0.493 e. The summed E-state index contributed by atoms with van der Waals surface area (Å²) in [6.45, 7) is 1.81. The second-order valence-corrected chi connectivity index (χ2v) is 9.11. The van der Waals surface area contributed by atoms with Crippen LogP contribution in [-0.2, 0) is 12.8 Å².